The Morgan fingerprint density at radius 2 is 1.88 bits per heavy atom. The Balaban J connectivity index is 1.61. The van der Waals surface area contributed by atoms with Crippen molar-refractivity contribution in [1.82, 2.24) is 10.2 Å². The molecule has 1 unspecified atom stereocenters. The van der Waals surface area contributed by atoms with Gasteiger partial charge in [0.15, 0.2) is 0 Å². The summed E-state index contributed by atoms with van der Waals surface area (Å²) in [5, 5.41) is 1.09. The summed E-state index contributed by atoms with van der Waals surface area (Å²) in [5.74, 6) is -3.10. The van der Waals surface area contributed by atoms with Crippen LogP contribution >= 0.6 is 11.8 Å². The zero-order chi connectivity index (χ0) is 23.3. The molecule has 1 saturated heterocycles. The monoisotopic (exact) mass is 470 g/mol. The molecule has 2 aromatic rings. The van der Waals surface area contributed by atoms with Gasteiger partial charge in [0.2, 0.25) is 11.8 Å². The number of nitrogens with one attached hydrogen (secondary N) is 1. The number of esters is 1. The van der Waals surface area contributed by atoms with Gasteiger partial charge in [-0.25, -0.2) is 4.39 Å². The number of carbonyl (C=O) groups is 3. The Kier molecular flexibility index (Phi) is 7.39. The van der Waals surface area contributed by atoms with Crippen LogP contribution in [0.1, 0.15) is 22.1 Å². The van der Waals surface area contributed by atoms with Crippen LogP contribution < -0.4 is 5.32 Å². The van der Waals surface area contributed by atoms with Gasteiger partial charge in [-0.2, -0.15) is 13.2 Å². The largest absolute Gasteiger partial charge is 0.460 e. The highest BCUT2D eigenvalue weighted by Crippen LogP contribution is 2.44. The summed E-state index contributed by atoms with van der Waals surface area (Å²) in [6.07, 6.45) is -4.76. The molecular weight excluding hydrogens is 452 g/mol. The molecule has 6 nitrogen and oxygen atoms in total. The van der Waals surface area contributed by atoms with Crippen LogP contribution in [0.5, 0.6) is 0 Å². The molecule has 0 bridgehead atoms. The van der Waals surface area contributed by atoms with Crippen LogP contribution in [0.2, 0.25) is 0 Å². The third-order valence-electron chi connectivity index (χ3n) is 4.54. The number of nitrogens with zero attached hydrogens (tertiary/aromatic N) is 1. The molecule has 0 aromatic heterocycles. The first-order valence-corrected chi connectivity index (χ1v) is 10.4. The standard InChI is InChI=1S/C21H18F4N2O4S/c22-14-6-7-16(21(23,24)25)15(8-14)20-27(18(29)12-32-20)10-17(28)26-9-19(30)31-11-13-4-2-1-3-5-13/h1-8,20H,9-12H2,(H,26,28). The van der Waals surface area contributed by atoms with Gasteiger partial charge in [0, 0.05) is 0 Å². The predicted molar refractivity (Wildman–Crippen MR) is 108 cm³/mol. The van der Waals surface area contributed by atoms with Gasteiger partial charge in [0.25, 0.3) is 0 Å². The summed E-state index contributed by atoms with van der Waals surface area (Å²) in [6.45, 7) is -1.05. The summed E-state index contributed by atoms with van der Waals surface area (Å²) in [6, 6.07) is 10.9. The number of amides is 2. The molecule has 2 aromatic carbocycles. The van der Waals surface area contributed by atoms with Crippen molar-refractivity contribution < 1.29 is 36.7 Å². The summed E-state index contributed by atoms with van der Waals surface area (Å²) < 4.78 is 58.8. The van der Waals surface area contributed by atoms with Crippen LogP contribution in [0, 0.1) is 5.82 Å². The fraction of sp³-hybridized carbons (Fsp3) is 0.286. The van der Waals surface area contributed by atoms with E-state index in [0.29, 0.717) is 18.2 Å². The molecule has 1 atom stereocenters. The number of rotatable bonds is 7. The summed E-state index contributed by atoms with van der Waals surface area (Å²) >= 11 is 0.861. The average molecular weight is 470 g/mol. The second-order valence-electron chi connectivity index (χ2n) is 6.84. The second-order valence-corrected chi connectivity index (χ2v) is 7.91. The molecule has 170 valence electrons. The van der Waals surface area contributed by atoms with E-state index < -0.39 is 59.4 Å². The summed E-state index contributed by atoms with van der Waals surface area (Å²) in [5.41, 5.74) is -0.769. The fourth-order valence-electron chi connectivity index (χ4n) is 3.05. The molecule has 1 heterocycles. The number of ether oxygens (including phenoxy) is 1. The minimum atomic E-state index is -4.76. The molecule has 1 fully saturated rings. The SMILES string of the molecule is O=C(CN1C(=O)CSC1c1cc(F)ccc1C(F)(F)F)NCC(=O)OCc1ccccc1. The molecule has 1 N–H and O–H groups in total. The Morgan fingerprint density at radius 1 is 1.16 bits per heavy atom. The first-order valence-electron chi connectivity index (χ1n) is 9.39. The minimum absolute atomic E-state index is 0.0126. The van der Waals surface area contributed by atoms with E-state index in [0.717, 1.165) is 22.2 Å². The maximum Gasteiger partial charge on any atom is 0.416 e. The van der Waals surface area contributed by atoms with Crippen molar-refractivity contribution in [2.75, 3.05) is 18.8 Å². The van der Waals surface area contributed by atoms with Gasteiger partial charge in [0.05, 0.1) is 11.3 Å². The van der Waals surface area contributed by atoms with Crippen molar-refractivity contribution in [3.8, 4) is 0 Å². The predicted octanol–water partition coefficient (Wildman–Crippen LogP) is 3.28. The Hall–Kier alpha value is -3.08. The first kappa shape index (κ1) is 23.6. The lowest BCUT2D eigenvalue weighted by Crippen LogP contribution is -2.41. The number of thioether (sulfide) groups is 1. The van der Waals surface area contributed by atoms with Gasteiger partial charge in [-0.3, -0.25) is 14.4 Å². The molecule has 1 aliphatic rings. The van der Waals surface area contributed by atoms with Crippen molar-refractivity contribution >= 4 is 29.5 Å². The molecular formula is C21H18F4N2O4S. The lowest BCUT2D eigenvalue weighted by Gasteiger charge is -2.26. The first-order chi connectivity index (χ1) is 15.1. The van der Waals surface area contributed by atoms with Gasteiger partial charge in [-0.1, -0.05) is 30.3 Å². The molecule has 0 radical (unpaired) electrons. The smallest absolute Gasteiger partial charge is 0.416 e. The molecule has 3 rings (SSSR count). The summed E-state index contributed by atoms with van der Waals surface area (Å²) in [4.78, 5) is 37.2. The zero-order valence-corrected chi connectivity index (χ0v) is 17.3. The number of hydrogen-bond acceptors (Lipinski definition) is 5. The highest BCUT2D eigenvalue weighted by Gasteiger charge is 2.41. The highest BCUT2D eigenvalue weighted by atomic mass is 32.2. The van der Waals surface area contributed by atoms with E-state index in [4.69, 9.17) is 4.74 Å². The fourth-order valence-corrected chi connectivity index (χ4v) is 4.26. The highest BCUT2D eigenvalue weighted by molar-refractivity contribution is 8.00. The summed E-state index contributed by atoms with van der Waals surface area (Å²) in [7, 11) is 0. The maximum atomic E-state index is 13.7. The van der Waals surface area contributed by atoms with E-state index in [2.05, 4.69) is 5.32 Å². The normalized spacial score (nSPS) is 16.2. The number of halogens is 4. The topological polar surface area (TPSA) is 75.7 Å². The quantitative estimate of drug-likeness (QED) is 0.497. The third-order valence-corrected chi connectivity index (χ3v) is 5.78. The van der Waals surface area contributed by atoms with Gasteiger partial charge in [-0.15, -0.1) is 11.8 Å². The van der Waals surface area contributed by atoms with E-state index in [9.17, 15) is 31.9 Å². The number of alkyl halides is 3. The van der Waals surface area contributed by atoms with E-state index in [1.165, 1.54) is 0 Å². The molecule has 0 saturated carbocycles. The van der Waals surface area contributed by atoms with Gasteiger partial charge < -0.3 is 15.0 Å². The van der Waals surface area contributed by atoms with Gasteiger partial charge in [0.1, 0.15) is 30.9 Å². The zero-order valence-electron chi connectivity index (χ0n) is 16.5. The van der Waals surface area contributed by atoms with E-state index in [1.54, 1.807) is 30.3 Å². The van der Waals surface area contributed by atoms with Crippen LogP contribution in [0.15, 0.2) is 48.5 Å². The molecule has 0 spiro atoms. The van der Waals surface area contributed by atoms with Crippen LogP contribution in [0.4, 0.5) is 17.6 Å². The van der Waals surface area contributed by atoms with Crippen molar-refractivity contribution in [3.05, 3.63) is 71.0 Å². The second kappa shape index (κ2) is 10.0. The third kappa shape index (κ3) is 6.00. The van der Waals surface area contributed by atoms with Crippen molar-refractivity contribution in [3.63, 3.8) is 0 Å². The van der Waals surface area contributed by atoms with Crippen molar-refractivity contribution in [2.24, 2.45) is 0 Å². The molecule has 0 aliphatic carbocycles. The van der Waals surface area contributed by atoms with E-state index in [-0.39, 0.29) is 12.4 Å². The van der Waals surface area contributed by atoms with Gasteiger partial charge in [-0.05, 0) is 29.3 Å². The van der Waals surface area contributed by atoms with Crippen LogP contribution in [0.25, 0.3) is 0 Å². The van der Waals surface area contributed by atoms with Crippen LogP contribution in [-0.2, 0) is 31.9 Å². The average Bonchev–Trinajstić information content (AvgIpc) is 3.10. The number of benzene rings is 2. The molecule has 1 aliphatic heterocycles. The Morgan fingerprint density at radius 3 is 2.56 bits per heavy atom. The lowest BCUT2D eigenvalue weighted by molar-refractivity contribution is -0.145. The number of carbonyl (C=O) groups excluding carboxylic acids is 3. The van der Waals surface area contributed by atoms with Crippen LogP contribution in [0.3, 0.4) is 0 Å². The molecule has 2 amide bonds. The Bertz CT molecular complexity index is 1000. The van der Waals surface area contributed by atoms with Crippen molar-refractivity contribution in [1.29, 1.82) is 0 Å². The maximum absolute atomic E-state index is 13.7. The van der Waals surface area contributed by atoms with Gasteiger partial charge >= 0.3 is 12.1 Å². The lowest BCUT2D eigenvalue weighted by atomic mass is 10.1. The van der Waals surface area contributed by atoms with E-state index >= 15 is 0 Å². The molecule has 11 heteroatoms. The van der Waals surface area contributed by atoms with Crippen LogP contribution in [-0.4, -0.2) is 41.5 Å². The molecule has 32 heavy (non-hydrogen) atoms. The minimum Gasteiger partial charge on any atom is -0.460 e. The van der Waals surface area contributed by atoms with E-state index in [1.807, 2.05) is 0 Å². The number of hydrogen-bond donors (Lipinski definition) is 1. The Labute approximate surface area is 184 Å². The van der Waals surface area contributed by atoms with Crippen molar-refractivity contribution in [2.45, 2.75) is 18.2 Å².